The third-order valence-corrected chi connectivity index (χ3v) is 5.01. The molecular formula is C23H34N4O5. The largest absolute Gasteiger partial charge is 0.443 e. The minimum atomic E-state index is -0.720. The molecule has 0 bridgehead atoms. The van der Waals surface area contributed by atoms with E-state index < -0.39 is 23.4 Å². The summed E-state index contributed by atoms with van der Waals surface area (Å²) in [5.41, 5.74) is -0.0664. The summed E-state index contributed by atoms with van der Waals surface area (Å²) in [4.78, 5) is 41.5. The number of para-hydroxylation sites is 1. The van der Waals surface area contributed by atoms with Gasteiger partial charge in [0.2, 0.25) is 5.91 Å². The molecule has 0 radical (unpaired) electrons. The number of carbonyl (C=O) groups excluding carboxylic acids is 3. The molecule has 2 aliphatic rings. The zero-order chi connectivity index (χ0) is 23.7. The summed E-state index contributed by atoms with van der Waals surface area (Å²) in [5, 5.41) is 6.20. The molecular weight excluding hydrogens is 412 g/mol. The number of nitrogens with zero attached hydrogens (tertiary/aromatic N) is 2. The molecule has 9 heteroatoms. The SMILES string of the molecule is CC(C)(C)OC(=O)N1CN(C(=O)OC(C)(C)C)c2c(NC(=O)C3CCCNC3)cccc21. The van der Waals surface area contributed by atoms with E-state index in [1.807, 2.05) is 0 Å². The van der Waals surface area contributed by atoms with Crippen molar-refractivity contribution in [3.63, 3.8) is 0 Å². The lowest BCUT2D eigenvalue weighted by Gasteiger charge is -2.26. The molecule has 1 unspecified atom stereocenters. The van der Waals surface area contributed by atoms with Gasteiger partial charge in [0.1, 0.15) is 17.9 Å². The highest BCUT2D eigenvalue weighted by atomic mass is 16.6. The maximum absolute atomic E-state index is 13.0. The van der Waals surface area contributed by atoms with Crippen molar-refractivity contribution in [2.45, 2.75) is 65.6 Å². The van der Waals surface area contributed by atoms with Gasteiger partial charge in [0.15, 0.2) is 0 Å². The summed E-state index contributed by atoms with van der Waals surface area (Å²) < 4.78 is 11.1. The summed E-state index contributed by atoms with van der Waals surface area (Å²) in [6.07, 6.45) is 0.547. The van der Waals surface area contributed by atoms with Crippen molar-refractivity contribution in [3.8, 4) is 0 Å². The van der Waals surface area contributed by atoms with Crippen LogP contribution in [0.25, 0.3) is 0 Å². The van der Waals surface area contributed by atoms with Gasteiger partial charge in [0, 0.05) is 6.54 Å². The number of amides is 3. The first kappa shape index (κ1) is 23.8. The molecule has 176 valence electrons. The predicted octanol–water partition coefficient (Wildman–Crippen LogP) is 4.08. The van der Waals surface area contributed by atoms with E-state index in [0.717, 1.165) is 19.4 Å². The van der Waals surface area contributed by atoms with Crippen molar-refractivity contribution in [1.29, 1.82) is 0 Å². The van der Waals surface area contributed by atoms with Gasteiger partial charge in [-0.05, 0) is 73.1 Å². The van der Waals surface area contributed by atoms with E-state index in [0.29, 0.717) is 23.6 Å². The van der Waals surface area contributed by atoms with Gasteiger partial charge in [-0.15, -0.1) is 0 Å². The normalized spacial score (nSPS) is 18.8. The minimum absolute atomic E-state index is 0.0724. The summed E-state index contributed by atoms with van der Waals surface area (Å²) in [6.45, 7) is 12.1. The molecule has 32 heavy (non-hydrogen) atoms. The van der Waals surface area contributed by atoms with Crippen LogP contribution >= 0.6 is 0 Å². The Balaban J connectivity index is 1.94. The Labute approximate surface area is 189 Å². The number of ether oxygens (including phenoxy) is 2. The zero-order valence-electron chi connectivity index (χ0n) is 19.8. The average Bonchev–Trinajstić information content (AvgIpc) is 3.07. The number of rotatable bonds is 2. The molecule has 1 aromatic rings. The zero-order valence-corrected chi connectivity index (χ0v) is 19.8. The van der Waals surface area contributed by atoms with E-state index in [-0.39, 0.29) is 18.5 Å². The van der Waals surface area contributed by atoms with Crippen molar-refractivity contribution in [3.05, 3.63) is 18.2 Å². The number of carbonyl (C=O) groups is 3. The highest BCUT2D eigenvalue weighted by Gasteiger charge is 2.40. The van der Waals surface area contributed by atoms with Crippen LogP contribution in [0.1, 0.15) is 54.4 Å². The minimum Gasteiger partial charge on any atom is -0.443 e. The van der Waals surface area contributed by atoms with Crippen LogP contribution in [0.4, 0.5) is 26.7 Å². The molecule has 1 aromatic carbocycles. The van der Waals surface area contributed by atoms with Crippen LogP contribution in [0.2, 0.25) is 0 Å². The second kappa shape index (κ2) is 8.97. The Hall–Kier alpha value is -2.81. The highest BCUT2D eigenvalue weighted by Crippen LogP contribution is 2.43. The van der Waals surface area contributed by atoms with E-state index in [1.165, 1.54) is 9.80 Å². The highest BCUT2D eigenvalue weighted by molar-refractivity contribution is 6.10. The second-order valence-electron chi connectivity index (χ2n) is 10.2. The standard InChI is InChI=1S/C23H34N4O5/c1-22(2,3)31-20(29)26-14-27(21(30)32-23(4,5)6)18-16(10-7-11-17(18)26)25-19(28)15-9-8-12-24-13-15/h7,10-11,15,24H,8-9,12-14H2,1-6H3,(H,25,28). The van der Waals surface area contributed by atoms with Crippen molar-refractivity contribution in [2.75, 3.05) is 34.9 Å². The van der Waals surface area contributed by atoms with Crippen LogP contribution in [-0.2, 0) is 14.3 Å². The average molecular weight is 447 g/mol. The maximum Gasteiger partial charge on any atom is 0.416 e. The molecule has 1 atom stereocenters. The van der Waals surface area contributed by atoms with Crippen LogP contribution in [0.15, 0.2) is 18.2 Å². The van der Waals surface area contributed by atoms with E-state index in [1.54, 1.807) is 59.7 Å². The number of hydrogen-bond donors (Lipinski definition) is 2. The fourth-order valence-electron chi connectivity index (χ4n) is 3.67. The topological polar surface area (TPSA) is 100 Å². The lowest BCUT2D eigenvalue weighted by Crippen LogP contribution is -2.43. The molecule has 0 spiro atoms. The number of benzene rings is 1. The van der Waals surface area contributed by atoms with Crippen LogP contribution < -0.4 is 20.4 Å². The first-order valence-corrected chi connectivity index (χ1v) is 11.0. The molecule has 0 aliphatic carbocycles. The van der Waals surface area contributed by atoms with Crippen molar-refractivity contribution in [2.24, 2.45) is 5.92 Å². The van der Waals surface area contributed by atoms with Crippen molar-refractivity contribution in [1.82, 2.24) is 5.32 Å². The number of nitrogens with one attached hydrogen (secondary N) is 2. The van der Waals surface area contributed by atoms with E-state index in [4.69, 9.17) is 9.47 Å². The fourth-order valence-corrected chi connectivity index (χ4v) is 3.67. The fraction of sp³-hybridized carbons (Fsp3) is 0.609. The summed E-state index contributed by atoms with van der Waals surface area (Å²) >= 11 is 0. The van der Waals surface area contributed by atoms with Gasteiger partial charge in [0.25, 0.3) is 0 Å². The number of fused-ring (bicyclic) bond motifs is 1. The van der Waals surface area contributed by atoms with E-state index in [2.05, 4.69) is 10.6 Å². The molecule has 0 saturated carbocycles. The van der Waals surface area contributed by atoms with Crippen LogP contribution in [0.5, 0.6) is 0 Å². The monoisotopic (exact) mass is 446 g/mol. The van der Waals surface area contributed by atoms with Gasteiger partial charge in [-0.1, -0.05) is 6.07 Å². The first-order chi connectivity index (χ1) is 14.9. The third-order valence-electron chi connectivity index (χ3n) is 5.01. The second-order valence-corrected chi connectivity index (χ2v) is 10.2. The first-order valence-electron chi connectivity index (χ1n) is 11.0. The Morgan fingerprint density at radius 2 is 1.62 bits per heavy atom. The molecule has 1 saturated heterocycles. The molecule has 2 aliphatic heterocycles. The maximum atomic E-state index is 13.0. The van der Waals surface area contributed by atoms with Gasteiger partial charge >= 0.3 is 12.2 Å². The third kappa shape index (κ3) is 5.70. The number of piperidine rings is 1. The molecule has 3 rings (SSSR count). The Morgan fingerprint density at radius 1 is 1.00 bits per heavy atom. The van der Waals surface area contributed by atoms with Gasteiger partial charge in [0.05, 0.1) is 23.0 Å². The Kier molecular flexibility index (Phi) is 6.69. The van der Waals surface area contributed by atoms with Crippen LogP contribution in [0, 0.1) is 5.92 Å². The Bertz CT molecular complexity index is 881. The molecule has 3 amide bonds. The molecule has 9 nitrogen and oxygen atoms in total. The van der Waals surface area contributed by atoms with Crippen molar-refractivity contribution >= 4 is 35.2 Å². The Morgan fingerprint density at radius 3 is 2.19 bits per heavy atom. The van der Waals surface area contributed by atoms with Gasteiger partial charge in [-0.3, -0.25) is 14.6 Å². The summed E-state index contributed by atoms with van der Waals surface area (Å²) in [5.74, 6) is -0.275. The van der Waals surface area contributed by atoms with Gasteiger partial charge in [-0.25, -0.2) is 9.59 Å². The molecule has 2 heterocycles. The van der Waals surface area contributed by atoms with Crippen molar-refractivity contribution < 1.29 is 23.9 Å². The van der Waals surface area contributed by atoms with Gasteiger partial charge < -0.3 is 20.1 Å². The quantitative estimate of drug-likeness (QED) is 0.710. The van der Waals surface area contributed by atoms with Crippen LogP contribution in [0.3, 0.4) is 0 Å². The summed E-state index contributed by atoms with van der Waals surface area (Å²) in [7, 11) is 0. The predicted molar refractivity (Wildman–Crippen MR) is 123 cm³/mol. The van der Waals surface area contributed by atoms with E-state index >= 15 is 0 Å². The summed E-state index contributed by atoms with van der Waals surface area (Å²) in [6, 6.07) is 5.19. The molecule has 1 fully saturated rings. The smallest absolute Gasteiger partial charge is 0.416 e. The van der Waals surface area contributed by atoms with Gasteiger partial charge in [-0.2, -0.15) is 0 Å². The van der Waals surface area contributed by atoms with E-state index in [9.17, 15) is 14.4 Å². The lowest BCUT2D eigenvalue weighted by molar-refractivity contribution is -0.120. The molecule has 2 N–H and O–H groups in total. The number of hydrogen-bond acceptors (Lipinski definition) is 6. The van der Waals surface area contributed by atoms with Crippen LogP contribution in [-0.4, -0.2) is 49.1 Å². The molecule has 0 aromatic heterocycles. The number of anilines is 3. The lowest BCUT2D eigenvalue weighted by atomic mass is 9.98.